The van der Waals surface area contributed by atoms with Gasteiger partial charge in [-0.05, 0) is 176 Å². The lowest BCUT2D eigenvalue weighted by Gasteiger charge is -2.20. The van der Waals surface area contributed by atoms with Crippen LogP contribution >= 0.6 is 0 Å². The van der Waals surface area contributed by atoms with E-state index in [9.17, 15) is 4.79 Å². The summed E-state index contributed by atoms with van der Waals surface area (Å²) in [7, 11) is 0. The third-order valence-corrected chi connectivity index (χ3v) is 15.9. The van der Waals surface area contributed by atoms with Crippen LogP contribution in [0.15, 0.2) is 334 Å². The number of benzene rings is 11. The molecule has 0 heterocycles. The molecule has 0 N–H and O–H groups in total. The van der Waals surface area contributed by atoms with E-state index < -0.39 is 0 Å². The lowest BCUT2D eigenvalue weighted by molar-refractivity contribution is -0.112. The average molecular weight is 1240 g/mol. The molecule has 0 amide bonds. The highest BCUT2D eigenvalue weighted by molar-refractivity contribution is 6.59. The third-order valence-electron chi connectivity index (χ3n) is 15.9. The SMILES string of the molecule is C/C=C\C(C#Cc1ccc(C(=C\c2ccc(C)cc2)/C(=C(\C(C)=O)c2ccccc2)c2ccc(Oc3ccc(C4=C(c5ccccc5)C(=O)C(c5ccc(C#Cc6ccccc6)cc5)=C4c4ccc(C#Cc5ccccc5)cc4)cc3)cc2)cc1)=C/C.C=C.Cc1ccccc1. The predicted octanol–water partition coefficient (Wildman–Crippen LogP) is 22.1. The molecule has 1 aliphatic carbocycles. The van der Waals surface area contributed by atoms with Gasteiger partial charge in [-0.25, -0.2) is 0 Å². The fraction of sp³-hybridized carbons (Fsp3) is 0.0538. The van der Waals surface area contributed by atoms with Crippen molar-refractivity contribution in [3.8, 4) is 47.0 Å². The summed E-state index contributed by atoms with van der Waals surface area (Å²) in [5.41, 5.74) is 19.9. The van der Waals surface area contributed by atoms with Crippen LogP contribution in [-0.4, -0.2) is 11.6 Å². The second-order valence-electron chi connectivity index (χ2n) is 22.6. The van der Waals surface area contributed by atoms with Crippen LogP contribution in [-0.2, 0) is 9.59 Å². The van der Waals surface area contributed by atoms with E-state index in [4.69, 9.17) is 4.74 Å². The Bertz CT molecular complexity index is 4900. The zero-order valence-electron chi connectivity index (χ0n) is 54.7. The standard InChI is InChI=1S/C84H60O3.C7H8.C2H4/c1-5-19-61(6-2)32-33-64-38-44-68(45-39-64)77(58-67-30-28-59(3)29-31-67)79(78(60(4)85)69-24-15-9-16-25-69)71-50-54-75(55-51-71)87-76-56-52-73(53-57-76)81-80(72-46-40-65(41-47-72)36-34-62-20-11-7-12-21-62)83(84(86)82(81)70-26-17-10-18-27-70)74-48-42-66(43-49-74)37-35-63-22-13-8-14-23-63;1-7-5-3-2-4-6-7;1-2/h5-31,38-58H,1-4H3;2-6H,1H3;1-2H2/b19-5-,61-6+,77-58+,79-78+;;. The number of aryl methyl sites for hydroxylation is 2. The number of Topliss-reactive ketones (excluding diaryl/α,β-unsaturated/α-hetero) is 2. The van der Waals surface area contributed by atoms with Crippen molar-refractivity contribution in [2.45, 2.75) is 34.6 Å². The molecule has 11 aromatic carbocycles. The van der Waals surface area contributed by atoms with Crippen molar-refractivity contribution in [3.63, 3.8) is 0 Å². The molecule has 11 aromatic rings. The van der Waals surface area contributed by atoms with E-state index in [0.29, 0.717) is 28.2 Å². The molecule has 0 unspecified atom stereocenters. The normalized spacial score (nSPS) is 12.1. The maximum Gasteiger partial charge on any atom is 0.195 e. The molecule has 0 spiro atoms. The zero-order chi connectivity index (χ0) is 67.0. The first-order valence-corrected chi connectivity index (χ1v) is 31.9. The maximum atomic E-state index is 15.4. The quantitative estimate of drug-likeness (QED) is 0.0380. The van der Waals surface area contributed by atoms with Crippen molar-refractivity contribution >= 4 is 56.7 Å². The lowest BCUT2D eigenvalue weighted by Crippen LogP contribution is -2.04. The average Bonchev–Trinajstić information content (AvgIpc) is 1.57. The first-order chi connectivity index (χ1) is 47.1. The van der Waals surface area contributed by atoms with Crippen LogP contribution in [0.5, 0.6) is 11.5 Å². The summed E-state index contributed by atoms with van der Waals surface area (Å²) in [6.07, 6.45) is 8.15. The van der Waals surface area contributed by atoms with Gasteiger partial charge in [0, 0.05) is 66.8 Å². The Balaban J connectivity index is 0.00000104. The fourth-order valence-electron chi connectivity index (χ4n) is 11.1. The van der Waals surface area contributed by atoms with Crippen molar-refractivity contribution in [1.29, 1.82) is 0 Å². The molecule has 0 radical (unpaired) electrons. The van der Waals surface area contributed by atoms with E-state index in [1.54, 1.807) is 6.92 Å². The maximum absolute atomic E-state index is 15.4. The summed E-state index contributed by atoms with van der Waals surface area (Å²) < 4.78 is 6.68. The molecule has 462 valence electrons. The van der Waals surface area contributed by atoms with Gasteiger partial charge in [0.2, 0.25) is 0 Å². The number of hydrogen-bond donors (Lipinski definition) is 0. The Hall–Kier alpha value is -12.6. The van der Waals surface area contributed by atoms with Crippen LogP contribution in [0.2, 0.25) is 0 Å². The van der Waals surface area contributed by atoms with Crippen molar-refractivity contribution in [2.75, 3.05) is 0 Å². The van der Waals surface area contributed by atoms with Crippen LogP contribution in [0.4, 0.5) is 0 Å². The van der Waals surface area contributed by atoms with E-state index in [-0.39, 0.29) is 11.6 Å². The van der Waals surface area contributed by atoms with Gasteiger partial charge >= 0.3 is 0 Å². The van der Waals surface area contributed by atoms with Gasteiger partial charge in [-0.1, -0.05) is 277 Å². The van der Waals surface area contributed by atoms with E-state index in [0.717, 1.165) is 106 Å². The molecule has 0 saturated heterocycles. The molecule has 0 saturated carbocycles. The molecule has 0 bridgehead atoms. The molecule has 0 fully saturated rings. The van der Waals surface area contributed by atoms with E-state index in [2.05, 4.69) is 129 Å². The molecular weight excluding hydrogens is 1170 g/mol. The number of allylic oxidation sites excluding steroid dienone is 11. The molecular formula is C93H72O3. The summed E-state index contributed by atoms with van der Waals surface area (Å²) in [4.78, 5) is 29.6. The van der Waals surface area contributed by atoms with Crippen molar-refractivity contribution < 1.29 is 14.3 Å². The van der Waals surface area contributed by atoms with Gasteiger partial charge < -0.3 is 4.74 Å². The zero-order valence-corrected chi connectivity index (χ0v) is 54.7. The Morgan fingerprint density at radius 1 is 0.375 bits per heavy atom. The summed E-state index contributed by atoms with van der Waals surface area (Å²) in [5, 5.41) is 0. The molecule has 3 heteroatoms. The smallest absolute Gasteiger partial charge is 0.195 e. The summed E-state index contributed by atoms with van der Waals surface area (Å²) in [6, 6.07) is 98.6. The van der Waals surface area contributed by atoms with Gasteiger partial charge in [-0.3, -0.25) is 9.59 Å². The van der Waals surface area contributed by atoms with Crippen LogP contribution < -0.4 is 4.74 Å². The minimum Gasteiger partial charge on any atom is -0.457 e. The van der Waals surface area contributed by atoms with Crippen molar-refractivity contribution in [2.24, 2.45) is 0 Å². The van der Waals surface area contributed by atoms with Gasteiger partial charge in [0.25, 0.3) is 0 Å². The fourth-order valence-corrected chi connectivity index (χ4v) is 11.1. The van der Waals surface area contributed by atoms with Gasteiger partial charge in [0.05, 0.1) is 0 Å². The van der Waals surface area contributed by atoms with Gasteiger partial charge in [-0.2, -0.15) is 0 Å². The highest BCUT2D eigenvalue weighted by Gasteiger charge is 2.35. The molecule has 0 aromatic heterocycles. The predicted molar refractivity (Wildman–Crippen MR) is 403 cm³/mol. The Labute approximate surface area is 566 Å². The summed E-state index contributed by atoms with van der Waals surface area (Å²) >= 11 is 0. The molecule has 0 aliphatic heterocycles. The Morgan fingerprint density at radius 3 is 1.19 bits per heavy atom. The Kier molecular flexibility index (Phi) is 22.9. The number of carbonyl (C=O) groups is 2. The molecule has 3 nitrogen and oxygen atoms in total. The minimum absolute atomic E-state index is 0.0659. The van der Waals surface area contributed by atoms with Gasteiger partial charge in [0.15, 0.2) is 11.6 Å². The summed E-state index contributed by atoms with van der Waals surface area (Å²) in [5.74, 6) is 20.9. The van der Waals surface area contributed by atoms with Crippen LogP contribution in [0.3, 0.4) is 0 Å². The van der Waals surface area contributed by atoms with Crippen LogP contribution in [0.1, 0.15) is 104 Å². The topological polar surface area (TPSA) is 43.4 Å². The number of hydrogen-bond acceptors (Lipinski definition) is 3. The minimum atomic E-state index is -0.0710. The van der Waals surface area contributed by atoms with Gasteiger partial charge in [-0.15, -0.1) is 13.2 Å². The van der Waals surface area contributed by atoms with E-state index in [1.165, 1.54) is 5.56 Å². The van der Waals surface area contributed by atoms with Gasteiger partial charge in [0.1, 0.15) is 11.5 Å². The Morgan fingerprint density at radius 2 is 0.740 bits per heavy atom. The van der Waals surface area contributed by atoms with Crippen molar-refractivity contribution in [3.05, 3.63) is 418 Å². The van der Waals surface area contributed by atoms with E-state index >= 15 is 4.79 Å². The number of rotatable bonds is 13. The lowest BCUT2D eigenvalue weighted by atomic mass is 9.83. The molecule has 0 atom stereocenters. The molecule has 96 heavy (non-hydrogen) atoms. The number of carbonyl (C=O) groups excluding carboxylic acids is 2. The van der Waals surface area contributed by atoms with Crippen molar-refractivity contribution in [1.82, 2.24) is 0 Å². The highest BCUT2D eigenvalue weighted by Crippen LogP contribution is 2.50. The van der Waals surface area contributed by atoms with Crippen LogP contribution in [0.25, 0.3) is 45.1 Å². The first-order valence-electron chi connectivity index (χ1n) is 31.9. The number of ketones is 2. The van der Waals surface area contributed by atoms with Crippen LogP contribution in [0, 0.1) is 49.4 Å². The first kappa shape index (κ1) is 66.3. The van der Waals surface area contributed by atoms with E-state index in [1.807, 2.05) is 269 Å². The largest absolute Gasteiger partial charge is 0.457 e. The second-order valence-corrected chi connectivity index (χ2v) is 22.6. The molecule has 1 aliphatic rings. The number of ether oxygens (including phenoxy) is 1. The summed E-state index contributed by atoms with van der Waals surface area (Å²) in [6.45, 7) is 15.8. The monoisotopic (exact) mass is 1240 g/mol. The molecule has 12 rings (SSSR count). The third kappa shape index (κ3) is 17.1. The second kappa shape index (κ2) is 33.1. The highest BCUT2D eigenvalue weighted by atomic mass is 16.5.